The Hall–Kier alpha value is -1.86. The molecule has 0 aliphatic rings. The highest BCUT2D eigenvalue weighted by Crippen LogP contribution is 2.15. The van der Waals surface area contributed by atoms with Crippen LogP contribution < -0.4 is 5.32 Å². The van der Waals surface area contributed by atoms with Crippen molar-refractivity contribution < 1.29 is 9.53 Å². The van der Waals surface area contributed by atoms with Gasteiger partial charge < -0.3 is 10.1 Å². The molecule has 18 heavy (non-hydrogen) atoms. The van der Waals surface area contributed by atoms with Gasteiger partial charge in [-0.05, 0) is 19.4 Å². The molecule has 0 radical (unpaired) electrons. The first-order chi connectivity index (χ1) is 8.50. The number of nitriles is 1. The van der Waals surface area contributed by atoms with Crippen molar-refractivity contribution in [2.75, 3.05) is 13.7 Å². The van der Waals surface area contributed by atoms with Gasteiger partial charge in [0.15, 0.2) is 0 Å². The molecule has 1 N–H and O–H groups in total. The maximum absolute atomic E-state index is 11.9. The Labute approximate surface area is 108 Å². The van der Waals surface area contributed by atoms with Crippen LogP contribution in [0.2, 0.25) is 0 Å². The fraction of sp³-hybridized carbons (Fsp3) is 0.429. The van der Waals surface area contributed by atoms with Crippen LogP contribution >= 0.6 is 0 Å². The van der Waals surface area contributed by atoms with E-state index in [1.165, 1.54) is 0 Å². The fourth-order valence-corrected chi connectivity index (χ4v) is 1.40. The molecule has 1 rings (SSSR count). The van der Waals surface area contributed by atoms with E-state index in [2.05, 4.69) is 5.32 Å². The second-order valence-electron chi connectivity index (χ2n) is 4.65. The molecular weight excluding hydrogens is 228 g/mol. The van der Waals surface area contributed by atoms with E-state index in [9.17, 15) is 4.79 Å². The van der Waals surface area contributed by atoms with Crippen molar-refractivity contribution in [1.29, 1.82) is 5.26 Å². The van der Waals surface area contributed by atoms with Crippen molar-refractivity contribution in [3.63, 3.8) is 0 Å². The number of carbonyl (C=O) groups excluding carboxylic acids is 1. The zero-order chi connectivity index (χ0) is 13.6. The van der Waals surface area contributed by atoms with Crippen LogP contribution in [-0.4, -0.2) is 25.2 Å². The first-order valence-corrected chi connectivity index (χ1v) is 5.77. The Morgan fingerprint density at radius 2 is 2.06 bits per heavy atom. The third-order valence-electron chi connectivity index (χ3n) is 2.77. The van der Waals surface area contributed by atoms with Crippen molar-refractivity contribution in [2.45, 2.75) is 25.4 Å². The minimum absolute atomic E-state index is 0.297. The Morgan fingerprint density at radius 1 is 1.44 bits per heavy atom. The van der Waals surface area contributed by atoms with Crippen LogP contribution in [0.1, 0.15) is 25.3 Å². The van der Waals surface area contributed by atoms with Gasteiger partial charge in [0.2, 0.25) is 5.91 Å². The predicted octanol–water partition coefficient (Wildman–Crippen LogP) is 1.83. The molecule has 0 aliphatic carbocycles. The normalized spacial score (nSPS) is 12.6. The summed E-state index contributed by atoms with van der Waals surface area (Å²) >= 11 is 0. The van der Waals surface area contributed by atoms with Crippen LogP contribution in [-0.2, 0) is 9.53 Å². The molecule has 0 aromatic heterocycles. The first-order valence-electron chi connectivity index (χ1n) is 5.77. The highest BCUT2D eigenvalue weighted by molar-refractivity contribution is 5.86. The molecule has 1 aromatic rings. The number of benzene rings is 1. The summed E-state index contributed by atoms with van der Waals surface area (Å²) in [6.45, 7) is 4.11. The summed E-state index contributed by atoms with van der Waals surface area (Å²) in [6, 6.07) is 11.0. The lowest BCUT2D eigenvalue weighted by Gasteiger charge is -2.23. The molecule has 1 unspecified atom stereocenters. The maximum atomic E-state index is 11.9. The predicted molar refractivity (Wildman–Crippen MR) is 68.9 cm³/mol. The van der Waals surface area contributed by atoms with Crippen molar-refractivity contribution in [1.82, 2.24) is 5.32 Å². The molecule has 0 heterocycles. The SMILES string of the molecule is COC(C)(C)CNC(=O)C(C#N)c1ccccc1. The number of hydrogen-bond acceptors (Lipinski definition) is 3. The second kappa shape index (κ2) is 6.18. The van der Waals surface area contributed by atoms with Gasteiger partial charge in [-0.2, -0.15) is 5.26 Å². The number of amides is 1. The third kappa shape index (κ3) is 3.86. The van der Waals surface area contributed by atoms with Crippen LogP contribution in [0.15, 0.2) is 30.3 Å². The van der Waals surface area contributed by atoms with Crippen LogP contribution in [0.5, 0.6) is 0 Å². The molecule has 0 saturated carbocycles. The lowest BCUT2D eigenvalue weighted by molar-refractivity contribution is -0.122. The number of nitrogens with one attached hydrogen (secondary N) is 1. The smallest absolute Gasteiger partial charge is 0.241 e. The average molecular weight is 246 g/mol. The number of carbonyl (C=O) groups is 1. The molecule has 0 bridgehead atoms. The van der Waals surface area contributed by atoms with Gasteiger partial charge in [0.1, 0.15) is 5.92 Å². The lowest BCUT2D eigenvalue weighted by atomic mass is 9.99. The van der Waals surface area contributed by atoms with Crippen molar-refractivity contribution >= 4 is 5.91 Å². The monoisotopic (exact) mass is 246 g/mol. The summed E-state index contributed by atoms with van der Waals surface area (Å²) < 4.78 is 5.21. The van der Waals surface area contributed by atoms with Gasteiger partial charge in [-0.1, -0.05) is 30.3 Å². The van der Waals surface area contributed by atoms with Gasteiger partial charge in [-0.25, -0.2) is 0 Å². The molecule has 1 aromatic carbocycles. The molecule has 0 spiro atoms. The summed E-state index contributed by atoms with van der Waals surface area (Å²) in [7, 11) is 1.59. The zero-order valence-electron chi connectivity index (χ0n) is 10.9. The molecule has 4 nitrogen and oxygen atoms in total. The molecule has 96 valence electrons. The van der Waals surface area contributed by atoms with Gasteiger partial charge >= 0.3 is 0 Å². The third-order valence-corrected chi connectivity index (χ3v) is 2.77. The minimum Gasteiger partial charge on any atom is -0.377 e. The Kier molecular flexibility index (Phi) is 4.87. The summed E-state index contributed by atoms with van der Waals surface area (Å²) in [5.74, 6) is -1.08. The van der Waals surface area contributed by atoms with Crippen LogP contribution in [0.3, 0.4) is 0 Å². The van der Waals surface area contributed by atoms with Gasteiger partial charge in [0, 0.05) is 13.7 Å². The largest absolute Gasteiger partial charge is 0.377 e. The van der Waals surface area contributed by atoms with Crippen LogP contribution in [0.25, 0.3) is 0 Å². The maximum Gasteiger partial charge on any atom is 0.241 e. The molecule has 0 saturated heterocycles. The highest BCUT2D eigenvalue weighted by atomic mass is 16.5. The average Bonchev–Trinajstić information content (AvgIpc) is 2.39. The van der Waals surface area contributed by atoms with E-state index in [0.29, 0.717) is 12.1 Å². The van der Waals surface area contributed by atoms with E-state index in [1.807, 2.05) is 38.1 Å². The van der Waals surface area contributed by atoms with E-state index < -0.39 is 11.5 Å². The Balaban J connectivity index is 2.68. The second-order valence-corrected chi connectivity index (χ2v) is 4.65. The quantitative estimate of drug-likeness (QED) is 0.862. The van der Waals surface area contributed by atoms with E-state index in [-0.39, 0.29) is 5.91 Å². The van der Waals surface area contributed by atoms with E-state index >= 15 is 0 Å². The lowest BCUT2D eigenvalue weighted by Crippen LogP contribution is -2.41. The van der Waals surface area contributed by atoms with Crippen LogP contribution in [0.4, 0.5) is 0 Å². The summed E-state index contributed by atoms with van der Waals surface area (Å²) in [5.41, 5.74) is 0.263. The number of methoxy groups -OCH3 is 1. The number of ether oxygens (including phenoxy) is 1. The van der Waals surface area contributed by atoms with E-state index in [4.69, 9.17) is 10.00 Å². The number of rotatable bonds is 5. The van der Waals surface area contributed by atoms with Gasteiger partial charge in [-0.3, -0.25) is 4.79 Å². The molecule has 1 atom stereocenters. The Morgan fingerprint density at radius 3 is 2.56 bits per heavy atom. The van der Waals surface area contributed by atoms with Crippen molar-refractivity contribution in [3.8, 4) is 6.07 Å². The summed E-state index contributed by atoms with van der Waals surface area (Å²) in [6.07, 6.45) is 0. The molecule has 0 aliphatic heterocycles. The zero-order valence-corrected chi connectivity index (χ0v) is 10.9. The van der Waals surface area contributed by atoms with Crippen molar-refractivity contribution in [3.05, 3.63) is 35.9 Å². The molecular formula is C14H18N2O2. The number of hydrogen-bond donors (Lipinski definition) is 1. The van der Waals surface area contributed by atoms with Crippen molar-refractivity contribution in [2.24, 2.45) is 0 Å². The summed E-state index contributed by atoms with van der Waals surface area (Å²) in [5, 5.41) is 11.8. The number of nitrogens with zero attached hydrogens (tertiary/aromatic N) is 1. The Bertz CT molecular complexity index is 435. The minimum atomic E-state index is -0.779. The molecule has 4 heteroatoms. The standard InChI is InChI=1S/C14H18N2O2/c1-14(2,18-3)10-16-13(17)12(9-15)11-7-5-4-6-8-11/h4-8,12H,10H2,1-3H3,(H,16,17). The first kappa shape index (κ1) is 14.2. The fourth-order valence-electron chi connectivity index (χ4n) is 1.40. The van der Waals surface area contributed by atoms with Gasteiger partial charge in [0.05, 0.1) is 11.7 Å². The molecule has 1 amide bonds. The van der Waals surface area contributed by atoms with E-state index in [0.717, 1.165) is 0 Å². The molecule has 0 fully saturated rings. The highest BCUT2D eigenvalue weighted by Gasteiger charge is 2.23. The van der Waals surface area contributed by atoms with E-state index in [1.54, 1.807) is 19.2 Å². The summed E-state index contributed by atoms with van der Waals surface area (Å²) in [4.78, 5) is 11.9. The van der Waals surface area contributed by atoms with Gasteiger partial charge in [0.25, 0.3) is 0 Å². The topological polar surface area (TPSA) is 62.1 Å². The van der Waals surface area contributed by atoms with Gasteiger partial charge in [-0.15, -0.1) is 0 Å². The van der Waals surface area contributed by atoms with Crippen LogP contribution in [0, 0.1) is 11.3 Å².